The van der Waals surface area contributed by atoms with E-state index in [1.165, 1.54) is 0 Å². The van der Waals surface area contributed by atoms with Crippen molar-refractivity contribution in [2.45, 2.75) is 32.2 Å². The summed E-state index contributed by atoms with van der Waals surface area (Å²) in [6.07, 6.45) is 0.988. The van der Waals surface area contributed by atoms with Crippen molar-refractivity contribution in [1.82, 2.24) is 15.5 Å². The zero-order valence-corrected chi connectivity index (χ0v) is 14.2. The maximum Gasteiger partial charge on any atom is 0.247 e. The average molecular weight is 349 g/mol. The number of carbonyl (C=O) groups excluding carboxylic acids is 1. The molecule has 0 aliphatic carbocycles. The number of rotatable bonds is 5. The average Bonchev–Trinajstić information content (AvgIpc) is 3.12. The van der Waals surface area contributed by atoms with Crippen molar-refractivity contribution >= 4 is 15.7 Å². The van der Waals surface area contributed by atoms with Gasteiger partial charge in [0, 0.05) is 24.4 Å². The Morgan fingerprint density at radius 1 is 1.33 bits per heavy atom. The topological polar surface area (TPSA) is 102 Å². The van der Waals surface area contributed by atoms with Crippen LogP contribution in [-0.4, -0.2) is 42.1 Å². The van der Waals surface area contributed by atoms with E-state index in [0.29, 0.717) is 24.6 Å². The Morgan fingerprint density at radius 3 is 2.83 bits per heavy atom. The first-order chi connectivity index (χ1) is 11.4. The first-order valence-electron chi connectivity index (χ1n) is 7.81. The minimum atomic E-state index is -3.00. The Hall–Kier alpha value is -2.22. The lowest BCUT2D eigenvalue weighted by atomic mass is 10.1. The van der Waals surface area contributed by atoms with Crippen LogP contribution in [0.2, 0.25) is 0 Å². The van der Waals surface area contributed by atoms with E-state index in [4.69, 9.17) is 4.42 Å². The molecule has 7 nitrogen and oxygen atoms in total. The number of aryl methyl sites for hydroxylation is 2. The summed E-state index contributed by atoms with van der Waals surface area (Å²) in [7, 11) is -3.00. The normalized spacial score (nSPS) is 19.3. The fraction of sp³-hybridized carbons (Fsp3) is 0.438. The minimum Gasteiger partial charge on any atom is -0.421 e. The van der Waals surface area contributed by atoms with Gasteiger partial charge in [0.2, 0.25) is 17.7 Å². The predicted molar refractivity (Wildman–Crippen MR) is 88.0 cm³/mol. The van der Waals surface area contributed by atoms with Crippen molar-refractivity contribution in [3.63, 3.8) is 0 Å². The molecule has 1 aromatic carbocycles. The highest BCUT2D eigenvalue weighted by atomic mass is 32.2. The summed E-state index contributed by atoms with van der Waals surface area (Å²) < 4.78 is 28.4. The molecule has 24 heavy (non-hydrogen) atoms. The lowest BCUT2D eigenvalue weighted by molar-refractivity contribution is -0.121. The summed E-state index contributed by atoms with van der Waals surface area (Å²) in [6.45, 7) is 1.96. The summed E-state index contributed by atoms with van der Waals surface area (Å²) in [5.74, 6) is 0.790. The molecule has 8 heteroatoms. The van der Waals surface area contributed by atoms with Crippen LogP contribution in [0, 0.1) is 6.92 Å². The summed E-state index contributed by atoms with van der Waals surface area (Å²) in [5.41, 5.74) is 1.91. The van der Waals surface area contributed by atoms with Crippen molar-refractivity contribution in [3.8, 4) is 11.5 Å². The maximum absolute atomic E-state index is 11.9. The van der Waals surface area contributed by atoms with Gasteiger partial charge in [0.1, 0.15) is 0 Å². The van der Waals surface area contributed by atoms with E-state index >= 15 is 0 Å². The quantitative estimate of drug-likeness (QED) is 0.872. The molecule has 1 fully saturated rings. The molecule has 0 spiro atoms. The van der Waals surface area contributed by atoms with Gasteiger partial charge in [-0.05, 0) is 25.0 Å². The van der Waals surface area contributed by atoms with Crippen LogP contribution in [0.5, 0.6) is 0 Å². The van der Waals surface area contributed by atoms with Gasteiger partial charge in [-0.25, -0.2) is 8.42 Å². The van der Waals surface area contributed by atoms with Gasteiger partial charge in [-0.2, -0.15) is 0 Å². The van der Waals surface area contributed by atoms with E-state index in [1.807, 2.05) is 31.2 Å². The van der Waals surface area contributed by atoms with Crippen LogP contribution >= 0.6 is 0 Å². The lowest BCUT2D eigenvalue weighted by Gasteiger charge is -2.09. The maximum atomic E-state index is 11.9. The number of aromatic nitrogens is 2. The van der Waals surface area contributed by atoms with Crippen molar-refractivity contribution in [2.24, 2.45) is 0 Å². The third kappa shape index (κ3) is 4.00. The molecule has 1 atom stereocenters. The van der Waals surface area contributed by atoms with Crippen LogP contribution in [0.25, 0.3) is 11.5 Å². The molecule has 1 saturated heterocycles. The molecular formula is C16H19N3O4S. The highest BCUT2D eigenvalue weighted by molar-refractivity contribution is 7.91. The smallest absolute Gasteiger partial charge is 0.247 e. The van der Waals surface area contributed by atoms with Crippen molar-refractivity contribution in [2.75, 3.05) is 11.5 Å². The van der Waals surface area contributed by atoms with E-state index in [1.54, 1.807) is 0 Å². The molecule has 3 rings (SSSR count). The first-order valence-corrected chi connectivity index (χ1v) is 9.63. The van der Waals surface area contributed by atoms with E-state index in [0.717, 1.165) is 11.1 Å². The van der Waals surface area contributed by atoms with Gasteiger partial charge in [0.05, 0.1) is 11.5 Å². The molecule has 1 aliphatic rings. The van der Waals surface area contributed by atoms with Gasteiger partial charge in [-0.3, -0.25) is 4.79 Å². The molecule has 1 aromatic heterocycles. The summed E-state index contributed by atoms with van der Waals surface area (Å²) in [4.78, 5) is 11.9. The highest BCUT2D eigenvalue weighted by Crippen LogP contribution is 2.21. The molecule has 1 unspecified atom stereocenters. The molecule has 128 valence electrons. The SMILES string of the molecule is Cc1ccccc1-c1nnc(CCC(=O)NC2CCS(=O)(=O)C2)o1. The van der Waals surface area contributed by atoms with E-state index < -0.39 is 9.84 Å². The van der Waals surface area contributed by atoms with E-state index in [9.17, 15) is 13.2 Å². The fourth-order valence-electron chi connectivity index (χ4n) is 2.71. The molecule has 1 aliphatic heterocycles. The molecule has 0 radical (unpaired) electrons. The number of amides is 1. The second-order valence-electron chi connectivity index (χ2n) is 5.98. The Kier molecular flexibility index (Phi) is 4.66. The van der Waals surface area contributed by atoms with Gasteiger partial charge in [-0.15, -0.1) is 10.2 Å². The van der Waals surface area contributed by atoms with Crippen LogP contribution in [-0.2, 0) is 21.1 Å². The molecule has 0 bridgehead atoms. The first kappa shape index (κ1) is 16.6. The molecule has 2 heterocycles. The van der Waals surface area contributed by atoms with Crippen molar-refractivity contribution in [3.05, 3.63) is 35.7 Å². The van der Waals surface area contributed by atoms with Gasteiger partial charge in [0.15, 0.2) is 9.84 Å². The fourth-order valence-corrected chi connectivity index (χ4v) is 4.38. The zero-order chi connectivity index (χ0) is 17.2. The summed E-state index contributed by atoms with van der Waals surface area (Å²) >= 11 is 0. The third-order valence-electron chi connectivity index (χ3n) is 4.01. The van der Waals surface area contributed by atoms with Gasteiger partial charge >= 0.3 is 0 Å². The Morgan fingerprint density at radius 2 is 2.12 bits per heavy atom. The Bertz CT molecular complexity index is 845. The monoisotopic (exact) mass is 349 g/mol. The largest absolute Gasteiger partial charge is 0.421 e. The zero-order valence-electron chi connectivity index (χ0n) is 13.4. The van der Waals surface area contributed by atoms with Gasteiger partial charge in [0.25, 0.3) is 0 Å². The molecule has 1 amide bonds. The highest BCUT2D eigenvalue weighted by Gasteiger charge is 2.28. The summed E-state index contributed by atoms with van der Waals surface area (Å²) in [6, 6.07) is 7.41. The van der Waals surface area contributed by atoms with Crippen molar-refractivity contribution in [1.29, 1.82) is 0 Å². The van der Waals surface area contributed by atoms with Crippen LogP contribution in [0.3, 0.4) is 0 Å². The number of sulfone groups is 1. The van der Waals surface area contributed by atoms with Gasteiger partial charge < -0.3 is 9.73 Å². The molecular weight excluding hydrogens is 330 g/mol. The standard InChI is InChI=1S/C16H19N3O4S/c1-11-4-2-3-5-13(11)16-19-18-15(23-16)7-6-14(20)17-12-8-9-24(21,22)10-12/h2-5,12H,6-10H2,1H3,(H,17,20). The van der Waals surface area contributed by atoms with Crippen LogP contribution < -0.4 is 5.32 Å². The summed E-state index contributed by atoms with van der Waals surface area (Å²) in [5, 5.41) is 10.7. The number of hydrogen-bond donors (Lipinski definition) is 1. The Balaban J connectivity index is 1.54. The van der Waals surface area contributed by atoms with E-state index in [-0.39, 0.29) is 29.9 Å². The second kappa shape index (κ2) is 6.72. The van der Waals surface area contributed by atoms with Crippen LogP contribution in [0.1, 0.15) is 24.3 Å². The number of nitrogens with one attached hydrogen (secondary N) is 1. The minimum absolute atomic E-state index is 0.0245. The van der Waals surface area contributed by atoms with Crippen LogP contribution in [0.4, 0.5) is 0 Å². The Labute approximate surface area is 140 Å². The molecule has 0 saturated carbocycles. The number of benzene rings is 1. The van der Waals surface area contributed by atoms with Crippen LogP contribution in [0.15, 0.2) is 28.7 Å². The number of hydrogen-bond acceptors (Lipinski definition) is 6. The molecule has 1 N–H and O–H groups in total. The third-order valence-corrected chi connectivity index (χ3v) is 5.77. The van der Waals surface area contributed by atoms with Crippen molar-refractivity contribution < 1.29 is 17.6 Å². The van der Waals surface area contributed by atoms with E-state index in [2.05, 4.69) is 15.5 Å². The second-order valence-corrected chi connectivity index (χ2v) is 8.21. The number of nitrogens with zero attached hydrogens (tertiary/aromatic N) is 2. The van der Waals surface area contributed by atoms with Gasteiger partial charge in [-0.1, -0.05) is 18.2 Å². The molecule has 2 aromatic rings. The predicted octanol–water partition coefficient (Wildman–Crippen LogP) is 1.28. The lowest BCUT2D eigenvalue weighted by Crippen LogP contribution is -2.35. The number of carbonyl (C=O) groups is 1.